The average Bonchev–Trinajstić information content (AvgIpc) is 2.82. The zero-order valence-corrected chi connectivity index (χ0v) is 21.2. The molecular weight excluding hydrogens is 446 g/mol. The molecule has 0 bridgehead atoms. The van der Waals surface area contributed by atoms with Crippen molar-refractivity contribution in [3.05, 3.63) is 65.5 Å². The van der Waals surface area contributed by atoms with Crippen molar-refractivity contribution in [3.8, 4) is 11.5 Å². The molecular formula is C27H33N3O5. The average molecular weight is 480 g/mol. The zero-order chi connectivity index (χ0) is 25.6. The number of hydrogen-bond acceptors (Lipinski definition) is 6. The Hall–Kier alpha value is -3.81. The Morgan fingerprint density at radius 3 is 2.23 bits per heavy atom. The smallest absolute Gasteiger partial charge is 0.407 e. The molecule has 35 heavy (non-hydrogen) atoms. The van der Waals surface area contributed by atoms with Crippen molar-refractivity contribution in [2.45, 2.75) is 45.9 Å². The summed E-state index contributed by atoms with van der Waals surface area (Å²) >= 11 is 0. The van der Waals surface area contributed by atoms with Crippen LogP contribution in [0.5, 0.6) is 11.5 Å². The predicted molar refractivity (Wildman–Crippen MR) is 135 cm³/mol. The highest BCUT2D eigenvalue weighted by Crippen LogP contribution is 2.35. The quantitative estimate of drug-likeness (QED) is 0.512. The number of carbonyl (C=O) groups is 2. The number of carbonyl (C=O) groups excluding carboxylic acids is 2. The van der Waals surface area contributed by atoms with Gasteiger partial charge in [0.1, 0.15) is 5.60 Å². The van der Waals surface area contributed by atoms with E-state index in [9.17, 15) is 9.59 Å². The van der Waals surface area contributed by atoms with Crippen LogP contribution in [-0.2, 0) is 29.0 Å². The molecule has 1 aromatic heterocycles. The summed E-state index contributed by atoms with van der Waals surface area (Å²) in [6, 6.07) is 13.5. The summed E-state index contributed by atoms with van der Waals surface area (Å²) in [5.41, 5.74) is 1.83. The standard InChI is InChI=1S/C27H33N3O5/c1-27(2,3)35-26(32)29-16-22-21-14-24(34-6)23(33-5)13-20(21)19(15-28-22)12-25(31)30(4)17-18-10-8-7-9-11-18/h7-11,13-15H,12,16-17H2,1-6H3,(H,29,32). The summed E-state index contributed by atoms with van der Waals surface area (Å²) in [6.45, 7) is 6.08. The molecule has 0 atom stereocenters. The van der Waals surface area contributed by atoms with Crippen LogP contribution >= 0.6 is 0 Å². The minimum Gasteiger partial charge on any atom is -0.493 e. The number of likely N-dealkylation sites (N-methyl/N-ethyl adjacent to an activating group) is 1. The summed E-state index contributed by atoms with van der Waals surface area (Å²) < 4.78 is 16.3. The first-order valence-electron chi connectivity index (χ1n) is 11.4. The van der Waals surface area contributed by atoms with Crippen LogP contribution in [-0.4, -0.2) is 48.8 Å². The van der Waals surface area contributed by atoms with E-state index in [1.807, 2.05) is 42.5 Å². The molecule has 0 aliphatic heterocycles. The maximum atomic E-state index is 13.0. The number of alkyl carbamates (subject to hydrolysis) is 1. The maximum Gasteiger partial charge on any atom is 0.407 e. The van der Waals surface area contributed by atoms with Crippen LogP contribution in [0.15, 0.2) is 48.7 Å². The van der Waals surface area contributed by atoms with E-state index in [0.29, 0.717) is 23.7 Å². The Balaban J connectivity index is 1.90. The van der Waals surface area contributed by atoms with E-state index < -0.39 is 11.7 Å². The molecule has 1 N–H and O–H groups in total. The second-order valence-corrected chi connectivity index (χ2v) is 9.25. The number of nitrogens with zero attached hydrogens (tertiary/aromatic N) is 2. The highest BCUT2D eigenvalue weighted by atomic mass is 16.6. The van der Waals surface area contributed by atoms with Gasteiger partial charge < -0.3 is 24.4 Å². The largest absolute Gasteiger partial charge is 0.493 e. The van der Waals surface area contributed by atoms with Gasteiger partial charge in [0.05, 0.1) is 32.9 Å². The lowest BCUT2D eigenvalue weighted by Gasteiger charge is -2.20. The first kappa shape index (κ1) is 25.8. The van der Waals surface area contributed by atoms with Gasteiger partial charge in [-0.1, -0.05) is 30.3 Å². The van der Waals surface area contributed by atoms with Crippen molar-refractivity contribution in [1.82, 2.24) is 15.2 Å². The predicted octanol–water partition coefficient (Wildman–Crippen LogP) is 4.48. The Labute approximate surface area is 206 Å². The van der Waals surface area contributed by atoms with Crippen LogP contribution in [0.2, 0.25) is 0 Å². The van der Waals surface area contributed by atoms with Crippen LogP contribution in [0.3, 0.4) is 0 Å². The number of aromatic nitrogens is 1. The first-order valence-corrected chi connectivity index (χ1v) is 11.4. The molecule has 8 nitrogen and oxygen atoms in total. The summed E-state index contributed by atoms with van der Waals surface area (Å²) in [7, 11) is 4.91. The van der Waals surface area contributed by atoms with E-state index in [4.69, 9.17) is 14.2 Å². The lowest BCUT2D eigenvalue weighted by molar-refractivity contribution is -0.129. The van der Waals surface area contributed by atoms with Crippen molar-refractivity contribution in [2.75, 3.05) is 21.3 Å². The number of rotatable bonds is 8. The second kappa shape index (κ2) is 11.1. The number of fused-ring (bicyclic) bond motifs is 1. The molecule has 0 aliphatic carbocycles. The van der Waals surface area contributed by atoms with Crippen molar-refractivity contribution in [3.63, 3.8) is 0 Å². The molecule has 2 amide bonds. The van der Waals surface area contributed by atoms with Crippen LogP contribution in [0.25, 0.3) is 10.8 Å². The fourth-order valence-electron chi connectivity index (χ4n) is 3.67. The van der Waals surface area contributed by atoms with Crippen molar-refractivity contribution >= 4 is 22.8 Å². The molecule has 1 heterocycles. The van der Waals surface area contributed by atoms with E-state index in [2.05, 4.69) is 10.3 Å². The summed E-state index contributed by atoms with van der Waals surface area (Å²) in [5, 5.41) is 4.31. The van der Waals surface area contributed by atoms with Gasteiger partial charge in [-0.15, -0.1) is 0 Å². The molecule has 0 saturated heterocycles. The molecule has 8 heteroatoms. The van der Waals surface area contributed by atoms with Gasteiger partial charge in [0.25, 0.3) is 0 Å². The first-order chi connectivity index (χ1) is 16.6. The molecule has 186 valence electrons. The highest BCUT2D eigenvalue weighted by molar-refractivity contribution is 5.93. The fraction of sp³-hybridized carbons (Fsp3) is 0.370. The van der Waals surface area contributed by atoms with Crippen molar-refractivity contribution in [1.29, 1.82) is 0 Å². The SMILES string of the molecule is COc1cc2c(CC(=O)N(C)Cc3ccccc3)cnc(CNC(=O)OC(C)(C)C)c2cc1OC. The lowest BCUT2D eigenvalue weighted by atomic mass is 10.0. The van der Waals surface area contributed by atoms with E-state index >= 15 is 0 Å². The van der Waals surface area contributed by atoms with Crippen molar-refractivity contribution in [2.24, 2.45) is 0 Å². The van der Waals surface area contributed by atoms with E-state index in [-0.39, 0.29) is 18.9 Å². The van der Waals surface area contributed by atoms with Crippen molar-refractivity contribution < 1.29 is 23.8 Å². The number of ether oxygens (including phenoxy) is 3. The Kier molecular flexibility index (Phi) is 8.17. The fourth-order valence-corrected chi connectivity index (χ4v) is 3.67. The van der Waals surface area contributed by atoms with Gasteiger partial charge >= 0.3 is 6.09 Å². The van der Waals surface area contributed by atoms with Gasteiger partial charge in [0, 0.05) is 25.2 Å². The molecule has 0 saturated carbocycles. The minimum absolute atomic E-state index is 0.0358. The summed E-state index contributed by atoms with van der Waals surface area (Å²) in [5.74, 6) is 1.04. The van der Waals surface area contributed by atoms with E-state index in [0.717, 1.165) is 21.9 Å². The monoisotopic (exact) mass is 479 g/mol. The Morgan fingerprint density at radius 2 is 1.63 bits per heavy atom. The number of benzene rings is 2. The third-order valence-corrected chi connectivity index (χ3v) is 5.39. The normalized spacial score (nSPS) is 11.1. The minimum atomic E-state index is -0.605. The zero-order valence-electron chi connectivity index (χ0n) is 21.2. The molecule has 0 unspecified atom stereocenters. The number of methoxy groups -OCH3 is 2. The molecule has 2 aromatic carbocycles. The molecule has 3 aromatic rings. The molecule has 0 radical (unpaired) electrons. The van der Waals surface area contributed by atoms with Gasteiger partial charge in [-0.2, -0.15) is 0 Å². The molecule has 3 rings (SSSR count). The topological polar surface area (TPSA) is 90.0 Å². The van der Waals surface area contributed by atoms with Gasteiger partial charge in [0.15, 0.2) is 11.5 Å². The molecule has 0 fully saturated rings. The number of nitrogens with one attached hydrogen (secondary N) is 1. The van der Waals surface area contributed by atoms with Gasteiger partial charge in [-0.3, -0.25) is 9.78 Å². The van der Waals surface area contributed by atoms with Crippen LogP contribution in [0, 0.1) is 0 Å². The summed E-state index contributed by atoms with van der Waals surface area (Å²) in [4.78, 5) is 31.5. The van der Waals surface area contributed by atoms with Gasteiger partial charge in [-0.05, 0) is 49.4 Å². The van der Waals surface area contributed by atoms with Crippen LogP contribution in [0.4, 0.5) is 4.79 Å². The van der Waals surface area contributed by atoms with E-state index in [1.165, 1.54) is 0 Å². The van der Waals surface area contributed by atoms with E-state index in [1.54, 1.807) is 53.1 Å². The Bertz CT molecular complexity index is 1190. The van der Waals surface area contributed by atoms with Crippen LogP contribution < -0.4 is 14.8 Å². The third kappa shape index (κ3) is 6.85. The molecule has 0 aliphatic rings. The molecule has 0 spiro atoms. The van der Waals surface area contributed by atoms with Gasteiger partial charge in [-0.25, -0.2) is 4.79 Å². The highest BCUT2D eigenvalue weighted by Gasteiger charge is 2.19. The van der Waals surface area contributed by atoms with Crippen LogP contribution in [0.1, 0.15) is 37.6 Å². The third-order valence-electron chi connectivity index (χ3n) is 5.39. The number of hydrogen-bond donors (Lipinski definition) is 1. The number of pyridine rings is 1. The number of amides is 2. The second-order valence-electron chi connectivity index (χ2n) is 9.25. The maximum absolute atomic E-state index is 13.0. The lowest BCUT2D eigenvalue weighted by Crippen LogP contribution is -2.32. The summed E-state index contributed by atoms with van der Waals surface area (Å²) in [6.07, 6.45) is 1.31. The Morgan fingerprint density at radius 1 is 1.00 bits per heavy atom. The van der Waals surface area contributed by atoms with Gasteiger partial charge in [0.2, 0.25) is 5.91 Å².